The fourth-order valence-electron chi connectivity index (χ4n) is 5.26. The Morgan fingerprint density at radius 2 is 1.79 bits per heavy atom. The Morgan fingerprint density at radius 1 is 1.00 bits per heavy atom. The first-order chi connectivity index (χ1) is 13.7. The van der Waals surface area contributed by atoms with Gasteiger partial charge in [-0.3, -0.25) is 14.3 Å². The topological polar surface area (TPSA) is 58.4 Å². The molecule has 6 nitrogen and oxygen atoms in total. The Kier molecular flexibility index (Phi) is 4.51. The quantitative estimate of drug-likeness (QED) is 0.809. The van der Waals surface area contributed by atoms with E-state index in [-0.39, 0.29) is 24.2 Å². The molecule has 1 aliphatic carbocycles. The minimum absolute atomic E-state index is 0.0429. The lowest BCUT2D eigenvalue weighted by Gasteiger charge is -2.36. The Hall–Kier alpha value is -2.47. The maximum atomic E-state index is 13.0. The van der Waals surface area contributed by atoms with Crippen LogP contribution < -0.4 is 5.69 Å². The SMILES string of the molecule is O=C(Cn1cccnc1=O)N1C[C@H]2CC[C@@H]1CN(C1Cc3ccccc3C1)C2. The Labute approximate surface area is 164 Å². The average Bonchev–Trinajstić information content (AvgIpc) is 2.92. The van der Waals surface area contributed by atoms with Crippen LogP contribution in [0.2, 0.25) is 0 Å². The van der Waals surface area contributed by atoms with E-state index in [0.29, 0.717) is 12.0 Å². The molecule has 0 saturated carbocycles. The number of rotatable bonds is 3. The standard InChI is InChI=1S/C22H26N4O2/c27-21(15-24-9-3-8-23-22(24)28)26-13-16-6-7-19(26)14-25(12-16)20-10-17-4-1-2-5-18(17)11-20/h1-5,8-9,16,19-20H,6-7,10-15H2/t16-,19+/m0/s1. The number of fused-ring (bicyclic) bond motifs is 5. The average molecular weight is 378 g/mol. The number of hydrogen-bond acceptors (Lipinski definition) is 4. The van der Waals surface area contributed by atoms with E-state index in [1.807, 2.05) is 4.90 Å². The summed E-state index contributed by atoms with van der Waals surface area (Å²) in [5.74, 6) is 0.568. The molecular formula is C22H26N4O2. The van der Waals surface area contributed by atoms with E-state index in [1.165, 1.54) is 28.3 Å². The lowest BCUT2D eigenvalue weighted by molar-refractivity contribution is -0.136. The lowest BCUT2D eigenvalue weighted by Crippen LogP contribution is -2.49. The van der Waals surface area contributed by atoms with E-state index in [0.717, 1.165) is 38.9 Å². The molecule has 28 heavy (non-hydrogen) atoms. The van der Waals surface area contributed by atoms with Crippen molar-refractivity contribution in [2.45, 2.75) is 44.3 Å². The van der Waals surface area contributed by atoms with Crippen molar-refractivity contribution in [3.05, 3.63) is 64.3 Å². The number of amides is 1. The van der Waals surface area contributed by atoms with Crippen molar-refractivity contribution in [1.29, 1.82) is 0 Å². The number of aromatic nitrogens is 2. The molecule has 6 rings (SSSR count). The summed E-state index contributed by atoms with van der Waals surface area (Å²) in [5.41, 5.74) is 2.60. The van der Waals surface area contributed by atoms with Crippen LogP contribution in [0.3, 0.4) is 0 Å². The molecule has 3 aliphatic heterocycles. The minimum Gasteiger partial charge on any atom is -0.337 e. The zero-order chi connectivity index (χ0) is 19.1. The van der Waals surface area contributed by atoms with Crippen molar-refractivity contribution >= 4 is 5.91 Å². The summed E-state index contributed by atoms with van der Waals surface area (Å²) in [6.07, 6.45) is 7.61. The molecule has 3 fully saturated rings. The van der Waals surface area contributed by atoms with Gasteiger partial charge in [-0.25, -0.2) is 9.78 Å². The molecule has 2 bridgehead atoms. The van der Waals surface area contributed by atoms with Crippen LogP contribution in [0, 0.1) is 5.92 Å². The lowest BCUT2D eigenvalue weighted by atomic mass is 9.95. The minimum atomic E-state index is -0.360. The van der Waals surface area contributed by atoms with Gasteiger partial charge in [-0.1, -0.05) is 24.3 Å². The van der Waals surface area contributed by atoms with E-state index in [9.17, 15) is 9.59 Å². The molecule has 1 aromatic carbocycles. The molecule has 6 heteroatoms. The molecule has 4 heterocycles. The summed E-state index contributed by atoms with van der Waals surface area (Å²) in [4.78, 5) is 33.3. The maximum absolute atomic E-state index is 13.0. The van der Waals surface area contributed by atoms with Crippen molar-refractivity contribution in [3.63, 3.8) is 0 Å². The number of hydrogen-bond donors (Lipinski definition) is 0. The fourth-order valence-corrected chi connectivity index (χ4v) is 5.26. The van der Waals surface area contributed by atoms with Crippen molar-refractivity contribution in [2.24, 2.45) is 5.92 Å². The molecule has 3 saturated heterocycles. The highest BCUT2D eigenvalue weighted by atomic mass is 16.2. The van der Waals surface area contributed by atoms with E-state index in [1.54, 1.807) is 12.3 Å². The van der Waals surface area contributed by atoms with E-state index >= 15 is 0 Å². The molecule has 146 valence electrons. The van der Waals surface area contributed by atoms with E-state index in [4.69, 9.17) is 0 Å². The van der Waals surface area contributed by atoms with Gasteiger partial charge in [-0.05, 0) is 48.8 Å². The summed E-state index contributed by atoms with van der Waals surface area (Å²) in [7, 11) is 0. The second-order valence-corrected chi connectivity index (χ2v) is 8.46. The van der Waals surface area contributed by atoms with Gasteiger partial charge in [0.1, 0.15) is 6.54 Å². The fraction of sp³-hybridized carbons (Fsp3) is 0.500. The van der Waals surface area contributed by atoms with Crippen molar-refractivity contribution < 1.29 is 4.79 Å². The summed E-state index contributed by atoms with van der Waals surface area (Å²) in [6.45, 7) is 2.92. The molecular weight excluding hydrogens is 352 g/mol. The van der Waals surface area contributed by atoms with Crippen molar-refractivity contribution in [2.75, 3.05) is 19.6 Å². The number of piperidine rings is 1. The second-order valence-electron chi connectivity index (χ2n) is 8.46. The predicted octanol–water partition coefficient (Wildman–Crippen LogP) is 1.33. The molecule has 2 atom stereocenters. The number of carbonyl (C=O) groups is 1. The number of benzene rings is 1. The van der Waals surface area contributed by atoms with Crippen LogP contribution in [0.5, 0.6) is 0 Å². The molecule has 1 aromatic heterocycles. The smallest absolute Gasteiger partial charge is 0.337 e. The van der Waals surface area contributed by atoms with Crippen LogP contribution in [0.25, 0.3) is 0 Å². The summed E-state index contributed by atoms with van der Waals surface area (Å²) in [5, 5.41) is 0. The third-order valence-electron chi connectivity index (χ3n) is 6.70. The maximum Gasteiger partial charge on any atom is 0.347 e. The predicted molar refractivity (Wildman–Crippen MR) is 106 cm³/mol. The third kappa shape index (κ3) is 3.26. The third-order valence-corrected chi connectivity index (χ3v) is 6.70. The van der Waals surface area contributed by atoms with Crippen LogP contribution in [-0.2, 0) is 24.2 Å². The molecule has 0 spiro atoms. The van der Waals surface area contributed by atoms with Crippen molar-refractivity contribution in [1.82, 2.24) is 19.4 Å². The largest absolute Gasteiger partial charge is 0.347 e. The van der Waals surface area contributed by atoms with E-state index < -0.39 is 0 Å². The number of carbonyl (C=O) groups excluding carboxylic acids is 1. The highest BCUT2D eigenvalue weighted by Gasteiger charge is 2.40. The highest BCUT2D eigenvalue weighted by molar-refractivity contribution is 5.76. The van der Waals surface area contributed by atoms with Gasteiger partial charge in [0, 0.05) is 44.1 Å². The first-order valence-corrected chi connectivity index (χ1v) is 10.3. The summed E-state index contributed by atoms with van der Waals surface area (Å²) >= 11 is 0. The van der Waals surface area contributed by atoms with Gasteiger partial charge < -0.3 is 4.90 Å². The van der Waals surface area contributed by atoms with Gasteiger partial charge in [-0.2, -0.15) is 0 Å². The molecule has 1 amide bonds. The van der Waals surface area contributed by atoms with Crippen LogP contribution in [0.15, 0.2) is 47.5 Å². The molecule has 2 aromatic rings. The second kappa shape index (κ2) is 7.17. The van der Waals surface area contributed by atoms with Crippen LogP contribution in [0.4, 0.5) is 0 Å². The zero-order valence-electron chi connectivity index (χ0n) is 16.0. The zero-order valence-corrected chi connectivity index (χ0v) is 16.0. The van der Waals surface area contributed by atoms with Crippen molar-refractivity contribution in [3.8, 4) is 0 Å². The molecule has 4 aliphatic rings. The van der Waals surface area contributed by atoms with Crippen LogP contribution >= 0.6 is 0 Å². The molecule has 0 N–H and O–H groups in total. The van der Waals surface area contributed by atoms with Crippen LogP contribution in [0.1, 0.15) is 24.0 Å². The first-order valence-electron chi connectivity index (χ1n) is 10.3. The Morgan fingerprint density at radius 3 is 2.54 bits per heavy atom. The van der Waals surface area contributed by atoms with Gasteiger partial charge in [0.25, 0.3) is 0 Å². The highest BCUT2D eigenvalue weighted by Crippen LogP contribution is 2.33. The van der Waals surface area contributed by atoms with Gasteiger partial charge in [-0.15, -0.1) is 0 Å². The molecule has 0 unspecified atom stereocenters. The summed E-state index contributed by atoms with van der Waals surface area (Å²) in [6, 6.07) is 11.3. The van der Waals surface area contributed by atoms with Gasteiger partial charge in [0.15, 0.2) is 0 Å². The Balaban J connectivity index is 1.30. The Bertz CT molecular complexity index is 915. The first kappa shape index (κ1) is 17.6. The normalized spacial score (nSPS) is 24.9. The molecule has 0 radical (unpaired) electrons. The van der Waals surface area contributed by atoms with E-state index in [2.05, 4.69) is 34.1 Å². The van der Waals surface area contributed by atoms with Gasteiger partial charge in [0.2, 0.25) is 5.91 Å². The number of nitrogens with zero attached hydrogens (tertiary/aromatic N) is 4. The summed E-state index contributed by atoms with van der Waals surface area (Å²) < 4.78 is 1.41. The van der Waals surface area contributed by atoms with Gasteiger partial charge in [0.05, 0.1) is 0 Å². The monoisotopic (exact) mass is 378 g/mol. The van der Waals surface area contributed by atoms with Gasteiger partial charge >= 0.3 is 5.69 Å². The van der Waals surface area contributed by atoms with Crippen LogP contribution in [-0.4, -0.2) is 57.0 Å².